The van der Waals surface area contributed by atoms with Crippen LogP contribution >= 0.6 is 0 Å². The average molecular weight is 434 g/mol. The highest BCUT2D eigenvalue weighted by molar-refractivity contribution is 6.06. The monoisotopic (exact) mass is 433 g/mol. The Labute approximate surface area is 188 Å². The maximum Gasteiger partial charge on any atom is 0.252 e. The van der Waals surface area contributed by atoms with Gasteiger partial charge in [-0.1, -0.05) is 51.2 Å². The van der Waals surface area contributed by atoms with Crippen LogP contribution in [0.2, 0.25) is 0 Å². The molecule has 1 unspecified atom stereocenters. The van der Waals surface area contributed by atoms with Gasteiger partial charge in [-0.2, -0.15) is 0 Å². The first-order chi connectivity index (χ1) is 15.6. The summed E-state index contributed by atoms with van der Waals surface area (Å²) < 4.78 is 5.54. The van der Waals surface area contributed by atoms with Crippen LogP contribution in [0.1, 0.15) is 46.0 Å². The van der Waals surface area contributed by atoms with Gasteiger partial charge >= 0.3 is 0 Å². The van der Waals surface area contributed by atoms with Gasteiger partial charge in [-0.25, -0.2) is 9.97 Å². The van der Waals surface area contributed by atoms with Crippen LogP contribution in [-0.4, -0.2) is 46.2 Å². The number of anilines is 2. The molecule has 1 atom stereocenters. The number of ether oxygens (including phenoxy) is 1. The summed E-state index contributed by atoms with van der Waals surface area (Å²) in [4.78, 5) is 27.1. The van der Waals surface area contributed by atoms with Crippen molar-refractivity contribution < 1.29 is 9.53 Å². The summed E-state index contributed by atoms with van der Waals surface area (Å²) >= 11 is 0. The van der Waals surface area contributed by atoms with Crippen molar-refractivity contribution in [1.29, 1.82) is 0 Å². The number of amides is 1. The lowest BCUT2D eigenvalue weighted by Gasteiger charge is -2.47. The van der Waals surface area contributed by atoms with E-state index in [9.17, 15) is 4.79 Å². The van der Waals surface area contributed by atoms with Gasteiger partial charge in [0.15, 0.2) is 11.6 Å². The number of rotatable bonds is 1. The molecule has 1 saturated carbocycles. The van der Waals surface area contributed by atoms with E-state index in [1.165, 1.54) is 32.1 Å². The molecule has 7 heteroatoms. The van der Waals surface area contributed by atoms with Gasteiger partial charge in [-0.05, 0) is 25.0 Å². The number of aromatic nitrogens is 3. The van der Waals surface area contributed by atoms with Crippen LogP contribution in [0.5, 0.6) is 0 Å². The molecule has 6 rings (SSSR count). The minimum Gasteiger partial charge on any atom is -0.377 e. The topological polar surface area (TPSA) is 83.1 Å². The standard InChI is InChI=1S/C18H17N5O2.C7H14/c1-18-10-25-8-7-23(18)16-14(21-17(18)24)9-20-15(22-16)12-3-2-4-13-11(12)5-6-19-13;1-7-5-3-2-4-6-7/h2-6,9,19H,7-8,10H2,1H3,(H,21,24);7H,2-6H2,1H3. The summed E-state index contributed by atoms with van der Waals surface area (Å²) in [5, 5.41) is 3.99. The molecule has 0 bridgehead atoms. The van der Waals surface area contributed by atoms with E-state index in [4.69, 9.17) is 9.72 Å². The molecular weight excluding hydrogens is 402 g/mol. The summed E-state index contributed by atoms with van der Waals surface area (Å²) in [6.45, 7) is 5.81. The van der Waals surface area contributed by atoms with E-state index in [0.29, 0.717) is 31.3 Å². The first-order valence-electron chi connectivity index (χ1n) is 11.7. The molecule has 2 aliphatic heterocycles. The van der Waals surface area contributed by atoms with Crippen molar-refractivity contribution in [3.63, 3.8) is 0 Å². The highest BCUT2D eigenvalue weighted by Crippen LogP contribution is 2.38. The molecule has 168 valence electrons. The molecule has 2 N–H and O–H groups in total. The number of benzene rings is 1. The predicted molar refractivity (Wildman–Crippen MR) is 127 cm³/mol. The summed E-state index contributed by atoms with van der Waals surface area (Å²) in [7, 11) is 0. The Hall–Kier alpha value is -2.93. The van der Waals surface area contributed by atoms with Crippen LogP contribution in [0.3, 0.4) is 0 Å². The molecule has 2 aromatic heterocycles. The number of fused-ring (bicyclic) bond motifs is 4. The van der Waals surface area contributed by atoms with Crippen molar-refractivity contribution in [3.05, 3.63) is 36.7 Å². The smallest absolute Gasteiger partial charge is 0.252 e. The SMILES string of the molecule is CC12COCCN1c1nc(-c3cccc4[nH]ccc34)ncc1NC2=O.CC1CCCCC1. The normalized spacial score (nSPS) is 23.1. The second-order valence-corrected chi connectivity index (χ2v) is 9.35. The number of H-pyrrole nitrogens is 1. The van der Waals surface area contributed by atoms with E-state index in [-0.39, 0.29) is 5.91 Å². The van der Waals surface area contributed by atoms with Crippen molar-refractivity contribution in [1.82, 2.24) is 15.0 Å². The molecule has 1 saturated heterocycles. The van der Waals surface area contributed by atoms with Crippen LogP contribution in [0.25, 0.3) is 22.3 Å². The first-order valence-corrected chi connectivity index (χ1v) is 11.7. The fourth-order valence-corrected chi connectivity index (χ4v) is 4.92. The Kier molecular flexibility index (Phi) is 5.59. The number of morpholine rings is 1. The third-order valence-electron chi connectivity index (χ3n) is 6.93. The molecule has 1 amide bonds. The lowest BCUT2D eigenvalue weighted by atomic mass is 9.91. The zero-order valence-electron chi connectivity index (χ0n) is 18.9. The molecule has 2 fully saturated rings. The largest absolute Gasteiger partial charge is 0.377 e. The number of nitrogens with zero attached hydrogens (tertiary/aromatic N) is 3. The Balaban J connectivity index is 0.000000265. The number of nitrogens with one attached hydrogen (secondary N) is 2. The van der Waals surface area contributed by atoms with E-state index in [1.54, 1.807) is 6.20 Å². The number of aromatic amines is 1. The van der Waals surface area contributed by atoms with Crippen LogP contribution < -0.4 is 10.2 Å². The number of hydrogen-bond acceptors (Lipinski definition) is 5. The Morgan fingerprint density at radius 1 is 1.19 bits per heavy atom. The summed E-state index contributed by atoms with van der Waals surface area (Å²) in [5.74, 6) is 2.36. The van der Waals surface area contributed by atoms with Crippen LogP contribution in [-0.2, 0) is 9.53 Å². The number of carbonyl (C=O) groups excluding carboxylic acids is 1. The van der Waals surface area contributed by atoms with Gasteiger partial charge in [0.25, 0.3) is 5.91 Å². The van der Waals surface area contributed by atoms with Crippen LogP contribution in [0.4, 0.5) is 11.5 Å². The quantitative estimate of drug-likeness (QED) is 0.578. The molecule has 1 aromatic carbocycles. The molecule has 4 heterocycles. The zero-order valence-corrected chi connectivity index (χ0v) is 18.9. The first kappa shape index (κ1) is 20.9. The van der Waals surface area contributed by atoms with Crippen molar-refractivity contribution in [3.8, 4) is 11.4 Å². The predicted octanol–water partition coefficient (Wildman–Crippen LogP) is 4.76. The Morgan fingerprint density at radius 3 is 2.81 bits per heavy atom. The van der Waals surface area contributed by atoms with Gasteiger partial charge in [0.05, 0.1) is 19.4 Å². The molecule has 1 aliphatic carbocycles. The molecule has 0 radical (unpaired) electrons. The van der Waals surface area contributed by atoms with E-state index >= 15 is 0 Å². The van der Waals surface area contributed by atoms with Crippen LogP contribution in [0, 0.1) is 5.92 Å². The van der Waals surface area contributed by atoms with Gasteiger partial charge in [-0.15, -0.1) is 0 Å². The minimum atomic E-state index is -0.739. The number of hydrogen-bond donors (Lipinski definition) is 2. The third-order valence-corrected chi connectivity index (χ3v) is 6.93. The summed E-state index contributed by atoms with van der Waals surface area (Å²) in [6, 6.07) is 8.04. The van der Waals surface area contributed by atoms with Gasteiger partial charge in [0, 0.05) is 29.2 Å². The van der Waals surface area contributed by atoms with E-state index in [1.807, 2.05) is 42.3 Å². The van der Waals surface area contributed by atoms with Gasteiger partial charge < -0.3 is 19.9 Å². The molecule has 7 nitrogen and oxygen atoms in total. The zero-order chi connectivity index (χ0) is 22.1. The average Bonchev–Trinajstić information content (AvgIpc) is 3.29. The van der Waals surface area contributed by atoms with Gasteiger partial charge in [0.1, 0.15) is 11.2 Å². The molecule has 0 spiro atoms. The van der Waals surface area contributed by atoms with E-state index in [2.05, 4.69) is 22.2 Å². The van der Waals surface area contributed by atoms with E-state index < -0.39 is 5.54 Å². The third kappa shape index (κ3) is 3.75. The Bertz CT molecular complexity index is 1120. The molecule has 32 heavy (non-hydrogen) atoms. The van der Waals surface area contributed by atoms with Crippen molar-refractivity contribution in [2.75, 3.05) is 30.0 Å². The molecular formula is C25H31N5O2. The second-order valence-electron chi connectivity index (χ2n) is 9.35. The summed E-state index contributed by atoms with van der Waals surface area (Å²) in [6.07, 6.45) is 11.0. The molecule has 3 aromatic rings. The fraction of sp³-hybridized carbons (Fsp3) is 0.480. The van der Waals surface area contributed by atoms with Crippen molar-refractivity contribution in [2.24, 2.45) is 5.92 Å². The highest BCUT2D eigenvalue weighted by Gasteiger charge is 2.47. The van der Waals surface area contributed by atoms with Crippen molar-refractivity contribution in [2.45, 2.75) is 51.5 Å². The second kappa shape index (κ2) is 8.54. The van der Waals surface area contributed by atoms with E-state index in [0.717, 1.165) is 28.2 Å². The minimum absolute atomic E-state index is 0.0798. The summed E-state index contributed by atoms with van der Waals surface area (Å²) in [5.41, 5.74) is 1.92. The highest BCUT2D eigenvalue weighted by atomic mass is 16.5. The lowest BCUT2D eigenvalue weighted by molar-refractivity contribution is -0.124. The van der Waals surface area contributed by atoms with Crippen LogP contribution in [0.15, 0.2) is 36.7 Å². The Morgan fingerprint density at radius 2 is 2.03 bits per heavy atom. The molecule has 3 aliphatic rings. The lowest BCUT2D eigenvalue weighted by Crippen LogP contribution is -2.64. The maximum absolute atomic E-state index is 12.5. The number of carbonyl (C=O) groups is 1. The van der Waals surface area contributed by atoms with Crippen molar-refractivity contribution >= 4 is 28.3 Å². The van der Waals surface area contributed by atoms with Gasteiger partial charge in [-0.3, -0.25) is 4.79 Å². The van der Waals surface area contributed by atoms with Gasteiger partial charge in [0.2, 0.25) is 0 Å². The maximum atomic E-state index is 12.5. The fourth-order valence-electron chi connectivity index (χ4n) is 4.92.